The highest BCUT2D eigenvalue weighted by Crippen LogP contribution is 2.40. The Bertz CT molecular complexity index is 3110. The number of hydrogen-bond acceptors (Lipinski definition) is 5. The van der Waals surface area contributed by atoms with Gasteiger partial charge in [0.25, 0.3) is 0 Å². The van der Waals surface area contributed by atoms with Gasteiger partial charge >= 0.3 is 0 Å². The number of thiophene rings is 1. The summed E-state index contributed by atoms with van der Waals surface area (Å²) < 4.78 is 13.5. The summed E-state index contributed by atoms with van der Waals surface area (Å²) in [5.74, 6) is 0.610. The van der Waals surface area contributed by atoms with Crippen LogP contribution in [0.1, 0.15) is 0 Å². The first kappa shape index (κ1) is 32.2. The quantitative estimate of drug-likeness (QED) is 0.163. The minimum absolute atomic E-state index is 0.610. The van der Waals surface area contributed by atoms with Gasteiger partial charge in [-0.2, -0.15) is 0 Å². The van der Waals surface area contributed by atoms with Crippen LogP contribution in [-0.4, -0.2) is 4.98 Å². The third-order valence-corrected chi connectivity index (χ3v) is 11.7. The van der Waals surface area contributed by atoms with Crippen molar-refractivity contribution in [1.82, 2.24) is 4.98 Å². The molecule has 8 aromatic carbocycles. The van der Waals surface area contributed by atoms with Crippen LogP contribution in [0, 0.1) is 0 Å². The Kier molecular flexibility index (Phi) is 7.64. The molecule has 0 fully saturated rings. The molecule has 264 valence electrons. The number of rotatable bonds is 7. The van der Waals surface area contributed by atoms with E-state index in [0.29, 0.717) is 5.89 Å². The number of fused-ring (bicyclic) bond motifs is 5. The van der Waals surface area contributed by atoms with Crippen LogP contribution in [0.4, 0.5) is 17.1 Å². The van der Waals surface area contributed by atoms with E-state index in [-0.39, 0.29) is 0 Å². The topological polar surface area (TPSA) is 42.4 Å². The molecule has 0 aliphatic rings. The van der Waals surface area contributed by atoms with E-state index < -0.39 is 0 Å². The van der Waals surface area contributed by atoms with E-state index in [1.807, 2.05) is 47.7 Å². The number of furan rings is 1. The van der Waals surface area contributed by atoms with E-state index in [4.69, 9.17) is 13.8 Å². The van der Waals surface area contributed by atoms with Crippen molar-refractivity contribution in [1.29, 1.82) is 0 Å². The molecule has 0 radical (unpaired) electrons. The summed E-state index contributed by atoms with van der Waals surface area (Å²) in [6.07, 6.45) is 0. The summed E-state index contributed by atoms with van der Waals surface area (Å²) in [5.41, 5.74) is 13.4. The molecular weight excluding hydrogens is 705 g/mol. The summed E-state index contributed by atoms with van der Waals surface area (Å²) in [6, 6.07) is 68.3. The smallest absolute Gasteiger partial charge is 0.227 e. The monoisotopic (exact) mass is 736 g/mol. The summed E-state index contributed by atoms with van der Waals surface area (Å²) >= 11 is 1.84. The van der Waals surface area contributed by atoms with Gasteiger partial charge in [0.15, 0.2) is 5.58 Å². The third kappa shape index (κ3) is 5.74. The molecule has 4 nitrogen and oxygen atoms in total. The minimum Gasteiger partial charge on any atom is -0.456 e. The van der Waals surface area contributed by atoms with Crippen LogP contribution in [0.2, 0.25) is 0 Å². The predicted molar refractivity (Wildman–Crippen MR) is 233 cm³/mol. The Morgan fingerprint density at radius 1 is 0.393 bits per heavy atom. The number of hydrogen-bond donors (Lipinski definition) is 0. The van der Waals surface area contributed by atoms with Crippen LogP contribution in [0.3, 0.4) is 0 Å². The zero-order valence-electron chi connectivity index (χ0n) is 30.1. The molecular formula is C51H32N2O2S. The van der Waals surface area contributed by atoms with Crippen molar-refractivity contribution < 1.29 is 8.83 Å². The number of aromatic nitrogens is 1. The van der Waals surface area contributed by atoms with Gasteiger partial charge in [-0.3, -0.25) is 0 Å². The van der Waals surface area contributed by atoms with Gasteiger partial charge in [0.05, 0.1) is 0 Å². The lowest BCUT2D eigenvalue weighted by atomic mass is 10.0. The standard InChI is InChI=1S/C51H32N2O2S/c1-6-12-49-39(7-1)32-50(56-49)36-15-13-33(14-16-36)34-17-24-40(25-18-34)53(42-28-21-37(22-29-42)51-52-45-9-3-5-11-48(45)55-51)41-26-19-35(20-27-41)38-23-30-47-44(31-38)43-8-2-4-10-46(43)54-47/h1-32H. The summed E-state index contributed by atoms with van der Waals surface area (Å²) in [7, 11) is 0. The fourth-order valence-corrected chi connectivity index (χ4v) is 8.73. The van der Waals surface area contributed by atoms with Gasteiger partial charge in [0, 0.05) is 43.0 Å². The summed E-state index contributed by atoms with van der Waals surface area (Å²) in [5, 5.41) is 3.54. The second-order valence-electron chi connectivity index (χ2n) is 14.0. The zero-order chi connectivity index (χ0) is 37.0. The van der Waals surface area contributed by atoms with E-state index >= 15 is 0 Å². The molecule has 0 aliphatic carbocycles. The van der Waals surface area contributed by atoms with E-state index in [0.717, 1.165) is 66.8 Å². The highest BCUT2D eigenvalue weighted by molar-refractivity contribution is 7.22. The van der Waals surface area contributed by atoms with Gasteiger partial charge in [0.1, 0.15) is 16.7 Å². The Morgan fingerprint density at radius 2 is 0.929 bits per heavy atom. The largest absolute Gasteiger partial charge is 0.456 e. The molecule has 5 heteroatoms. The maximum atomic E-state index is 6.10. The van der Waals surface area contributed by atoms with Gasteiger partial charge in [-0.05, 0) is 124 Å². The molecule has 0 amide bonds. The number of anilines is 3. The fraction of sp³-hybridized carbons (Fsp3) is 0. The Balaban J connectivity index is 0.931. The van der Waals surface area contributed by atoms with Crippen LogP contribution in [0.25, 0.3) is 87.3 Å². The molecule has 11 aromatic rings. The maximum absolute atomic E-state index is 6.10. The summed E-state index contributed by atoms with van der Waals surface area (Å²) in [4.78, 5) is 8.31. The van der Waals surface area contributed by atoms with Crippen molar-refractivity contribution in [2.75, 3.05) is 4.90 Å². The molecule has 0 atom stereocenters. The Labute approximate surface area is 327 Å². The van der Waals surface area contributed by atoms with Crippen molar-refractivity contribution in [3.8, 4) is 44.1 Å². The number of oxazole rings is 1. The van der Waals surface area contributed by atoms with Crippen molar-refractivity contribution in [3.05, 3.63) is 194 Å². The fourth-order valence-electron chi connectivity index (χ4n) is 7.66. The van der Waals surface area contributed by atoms with Crippen molar-refractivity contribution in [2.45, 2.75) is 0 Å². The van der Waals surface area contributed by atoms with E-state index in [9.17, 15) is 0 Å². The van der Waals surface area contributed by atoms with Crippen molar-refractivity contribution in [3.63, 3.8) is 0 Å². The molecule has 0 unspecified atom stereocenters. The molecule has 11 rings (SSSR count). The van der Waals surface area contributed by atoms with E-state index in [2.05, 4.69) is 163 Å². The number of nitrogens with zero attached hydrogens (tertiary/aromatic N) is 2. The second kappa shape index (κ2) is 13.3. The molecule has 0 saturated carbocycles. The van der Waals surface area contributed by atoms with Gasteiger partial charge in [-0.15, -0.1) is 11.3 Å². The number of benzene rings is 8. The maximum Gasteiger partial charge on any atom is 0.227 e. The van der Waals surface area contributed by atoms with Gasteiger partial charge < -0.3 is 13.7 Å². The predicted octanol–water partition coefficient (Wildman–Crippen LogP) is 15.1. The molecule has 3 heterocycles. The van der Waals surface area contributed by atoms with Crippen molar-refractivity contribution in [2.24, 2.45) is 0 Å². The first-order valence-electron chi connectivity index (χ1n) is 18.7. The number of para-hydroxylation sites is 3. The lowest BCUT2D eigenvalue weighted by Crippen LogP contribution is -2.09. The first-order valence-corrected chi connectivity index (χ1v) is 19.5. The van der Waals surface area contributed by atoms with Gasteiger partial charge in [0.2, 0.25) is 5.89 Å². The highest BCUT2D eigenvalue weighted by Gasteiger charge is 2.16. The second-order valence-corrected chi connectivity index (χ2v) is 15.1. The van der Waals surface area contributed by atoms with Crippen LogP contribution in [-0.2, 0) is 0 Å². The van der Waals surface area contributed by atoms with Crippen LogP contribution in [0.15, 0.2) is 203 Å². The average Bonchev–Trinajstić information content (AvgIpc) is 4.00. The Morgan fingerprint density at radius 3 is 1.62 bits per heavy atom. The van der Waals surface area contributed by atoms with Crippen LogP contribution in [0.5, 0.6) is 0 Å². The Hall–Kier alpha value is -7.21. The van der Waals surface area contributed by atoms with Crippen molar-refractivity contribution >= 4 is 71.5 Å². The van der Waals surface area contributed by atoms with Gasteiger partial charge in [-0.1, -0.05) is 103 Å². The molecule has 0 bridgehead atoms. The minimum atomic E-state index is 0.610. The first-order chi connectivity index (χ1) is 27.7. The van der Waals surface area contributed by atoms with Gasteiger partial charge in [-0.25, -0.2) is 4.98 Å². The molecule has 0 spiro atoms. The summed E-state index contributed by atoms with van der Waals surface area (Å²) in [6.45, 7) is 0. The average molecular weight is 737 g/mol. The highest BCUT2D eigenvalue weighted by atomic mass is 32.1. The van der Waals surface area contributed by atoms with E-state index in [1.54, 1.807) is 0 Å². The SMILES string of the molecule is c1ccc2sc(-c3ccc(-c4ccc(N(c5ccc(-c6ccc7oc8ccccc8c7c6)cc5)c5ccc(-c6nc7ccccc7o6)cc5)cc4)cc3)cc2c1. The normalized spacial score (nSPS) is 11.6. The molecule has 0 saturated heterocycles. The van der Waals surface area contributed by atoms with Crippen LogP contribution >= 0.6 is 11.3 Å². The molecule has 0 aliphatic heterocycles. The zero-order valence-corrected chi connectivity index (χ0v) is 30.9. The molecule has 56 heavy (non-hydrogen) atoms. The third-order valence-electron chi connectivity index (χ3n) is 10.6. The molecule has 3 aromatic heterocycles. The van der Waals surface area contributed by atoms with Crippen LogP contribution < -0.4 is 4.90 Å². The lowest BCUT2D eigenvalue weighted by Gasteiger charge is -2.26. The van der Waals surface area contributed by atoms with E-state index in [1.165, 1.54) is 31.7 Å². The molecule has 0 N–H and O–H groups in total. The lowest BCUT2D eigenvalue weighted by molar-refractivity contribution is 0.620.